The van der Waals surface area contributed by atoms with Crippen LogP contribution in [0.3, 0.4) is 0 Å². The van der Waals surface area contributed by atoms with Gasteiger partial charge in [0.05, 0.1) is 17.3 Å². The maximum atomic E-state index is 12.8. The largest absolute Gasteiger partial charge is 0.443 e. The number of fused-ring (bicyclic) bond motifs is 1. The summed E-state index contributed by atoms with van der Waals surface area (Å²) >= 11 is 0. The van der Waals surface area contributed by atoms with Crippen LogP contribution in [0.25, 0.3) is 22.2 Å². The zero-order valence-electron chi connectivity index (χ0n) is 18.4. The van der Waals surface area contributed by atoms with Crippen LogP contribution in [0.15, 0.2) is 76.6 Å². The van der Waals surface area contributed by atoms with E-state index in [9.17, 15) is 26.4 Å². The summed E-state index contributed by atoms with van der Waals surface area (Å²) in [5, 5.41) is 0.214. The molecule has 4 aromatic rings. The number of hydrogen-bond donors (Lipinski definition) is 1. The quantitative estimate of drug-likeness (QED) is 0.371. The number of benzene rings is 1. The van der Waals surface area contributed by atoms with Crippen LogP contribution in [0.5, 0.6) is 0 Å². The Labute approximate surface area is 199 Å². The predicted octanol–water partition coefficient (Wildman–Crippen LogP) is 4.78. The number of hydrogen-bond acceptors (Lipinski definition) is 6. The van der Waals surface area contributed by atoms with Gasteiger partial charge in [-0.15, -0.1) is 0 Å². The van der Waals surface area contributed by atoms with E-state index in [1.165, 1.54) is 37.5 Å². The zero-order chi connectivity index (χ0) is 25.2. The molecule has 0 radical (unpaired) electrons. The molecular weight excluding hydrogens is 483 g/mol. The molecule has 11 heteroatoms. The third-order valence-corrected chi connectivity index (χ3v) is 6.74. The fourth-order valence-electron chi connectivity index (χ4n) is 3.45. The third-order valence-electron chi connectivity index (χ3n) is 5.35. The first kappa shape index (κ1) is 24.6. The number of rotatable bonds is 8. The van der Waals surface area contributed by atoms with Gasteiger partial charge in [0.15, 0.2) is 5.78 Å². The van der Waals surface area contributed by atoms with Crippen LogP contribution in [0.1, 0.15) is 24.5 Å². The highest BCUT2D eigenvalue weighted by atomic mass is 32.2. The number of Topliss-reactive ketones (excluding diaryl/α,β-unsaturated/α-hetero) is 1. The van der Waals surface area contributed by atoms with E-state index in [1.54, 1.807) is 24.3 Å². The molecule has 0 amide bonds. The van der Waals surface area contributed by atoms with Crippen LogP contribution >= 0.6 is 0 Å². The van der Waals surface area contributed by atoms with Gasteiger partial charge >= 0.3 is 6.18 Å². The molecule has 1 aromatic carbocycles. The van der Waals surface area contributed by atoms with Crippen molar-refractivity contribution in [3.8, 4) is 11.3 Å². The van der Waals surface area contributed by atoms with Crippen molar-refractivity contribution in [2.24, 2.45) is 0 Å². The summed E-state index contributed by atoms with van der Waals surface area (Å²) in [5.41, 5.74) is 1.27. The standard InChI is InChI=1S/C24H20F3N3O4S/c1-15(30-35(32,33)23-12-18-13-28-10-9-22(18)34-23)21(31)8-5-16-3-2-4-17(11-16)20-7-6-19(14-29-20)24(25,26)27/h2-4,6-7,9-15,30H,5,8H2,1H3/t15-/m0/s1. The molecule has 7 nitrogen and oxygen atoms in total. The van der Waals surface area contributed by atoms with E-state index in [4.69, 9.17) is 4.42 Å². The van der Waals surface area contributed by atoms with E-state index in [-0.39, 0.29) is 17.3 Å². The number of aromatic nitrogens is 2. The number of ketones is 1. The highest BCUT2D eigenvalue weighted by Gasteiger charge is 2.30. The summed E-state index contributed by atoms with van der Waals surface area (Å²) < 4.78 is 71.2. The van der Waals surface area contributed by atoms with Gasteiger partial charge in [-0.25, -0.2) is 8.42 Å². The van der Waals surface area contributed by atoms with Gasteiger partial charge in [0.25, 0.3) is 10.0 Å². The number of furan rings is 1. The average Bonchev–Trinajstić information content (AvgIpc) is 3.27. The van der Waals surface area contributed by atoms with Crippen molar-refractivity contribution in [2.75, 3.05) is 0 Å². The maximum absolute atomic E-state index is 12.8. The Balaban J connectivity index is 1.39. The van der Waals surface area contributed by atoms with E-state index >= 15 is 0 Å². The Hall–Kier alpha value is -3.57. The van der Waals surface area contributed by atoms with E-state index in [1.807, 2.05) is 0 Å². The Morgan fingerprint density at radius 2 is 1.91 bits per heavy atom. The van der Waals surface area contributed by atoms with Crippen LogP contribution < -0.4 is 4.72 Å². The van der Waals surface area contributed by atoms with E-state index in [2.05, 4.69) is 14.7 Å². The van der Waals surface area contributed by atoms with Crippen molar-refractivity contribution in [1.82, 2.24) is 14.7 Å². The number of aryl methyl sites for hydroxylation is 1. The average molecular weight is 504 g/mol. The van der Waals surface area contributed by atoms with Crippen molar-refractivity contribution < 1.29 is 30.8 Å². The summed E-state index contributed by atoms with van der Waals surface area (Å²) in [4.78, 5) is 20.4. The fourth-order valence-corrected chi connectivity index (χ4v) is 4.65. The molecular formula is C24H20F3N3O4S. The number of carbonyl (C=O) groups excluding carboxylic acids is 1. The maximum Gasteiger partial charge on any atom is 0.417 e. The topological polar surface area (TPSA) is 102 Å². The summed E-state index contributed by atoms with van der Waals surface area (Å²) in [7, 11) is -4.06. The Morgan fingerprint density at radius 1 is 1.11 bits per heavy atom. The summed E-state index contributed by atoms with van der Waals surface area (Å²) in [6, 6.07) is 11.1. The van der Waals surface area contributed by atoms with Crippen molar-refractivity contribution in [3.05, 3.63) is 78.2 Å². The smallest absolute Gasteiger partial charge is 0.417 e. The number of nitrogens with one attached hydrogen (secondary N) is 1. The highest BCUT2D eigenvalue weighted by molar-refractivity contribution is 7.89. The first-order valence-corrected chi connectivity index (χ1v) is 12.0. The normalized spacial score (nSPS) is 13.1. The summed E-state index contributed by atoms with van der Waals surface area (Å²) in [6.07, 6.45) is -0.371. The zero-order valence-corrected chi connectivity index (χ0v) is 19.2. The van der Waals surface area contributed by atoms with Gasteiger partial charge in [0.1, 0.15) is 5.58 Å². The van der Waals surface area contributed by atoms with E-state index < -0.39 is 27.8 Å². The number of halogens is 3. The minimum atomic E-state index is -4.46. The third kappa shape index (κ3) is 5.75. The van der Waals surface area contributed by atoms with E-state index in [0.29, 0.717) is 28.6 Å². The second-order valence-corrected chi connectivity index (χ2v) is 9.56. The minimum Gasteiger partial charge on any atom is -0.443 e. The van der Waals surface area contributed by atoms with Crippen LogP contribution in [-0.2, 0) is 27.4 Å². The molecule has 0 aliphatic rings. The minimum absolute atomic E-state index is 0.0532. The lowest BCUT2D eigenvalue weighted by Crippen LogP contribution is -2.38. The Bertz CT molecular complexity index is 1430. The first-order chi connectivity index (χ1) is 16.5. The molecule has 0 spiro atoms. The Kier molecular flexibility index (Phi) is 6.73. The van der Waals surface area contributed by atoms with E-state index in [0.717, 1.165) is 17.8 Å². The molecule has 3 aromatic heterocycles. The molecule has 0 saturated carbocycles. The SMILES string of the molecule is C[C@H](NS(=O)(=O)c1cc2cnccc2o1)C(=O)CCc1cccc(-c2ccc(C(F)(F)F)cn2)c1. The molecule has 35 heavy (non-hydrogen) atoms. The second-order valence-electron chi connectivity index (χ2n) is 7.92. The first-order valence-electron chi connectivity index (χ1n) is 10.5. The van der Waals surface area contributed by atoms with Crippen molar-refractivity contribution >= 4 is 26.8 Å². The van der Waals surface area contributed by atoms with Crippen LogP contribution in [-0.4, -0.2) is 30.2 Å². The summed E-state index contributed by atoms with van der Waals surface area (Å²) in [5.74, 6) is -0.329. The molecule has 0 bridgehead atoms. The lowest BCUT2D eigenvalue weighted by molar-refractivity contribution is -0.137. The van der Waals surface area contributed by atoms with Crippen molar-refractivity contribution in [2.45, 2.75) is 37.1 Å². The van der Waals surface area contributed by atoms with Crippen molar-refractivity contribution in [1.29, 1.82) is 0 Å². The molecule has 1 N–H and O–H groups in total. The number of nitrogens with zero attached hydrogens (tertiary/aromatic N) is 2. The molecule has 0 fully saturated rings. The van der Waals surface area contributed by atoms with Gasteiger partial charge < -0.3 is 4.42 Å². The van der Waals surface area contributed by atoms with Gasteiger partial charge in [-0.3, -0.25) is 14.8 Å². The Morgan fingerprint density at radius 3 is 2.60 bits per heavy atom. The molecule has 0 aliphatic carbocycles. The van der Waals surface area contributed by atoms with Crippen LogP contribution in [0, 0.1) is 0 Å². The van der Waals surface area contributed by atoms with Gasteiger partial charge in [-0.2, -0.15) is 17.9 Å². The van der Waals surface area contributed by atoms with Gasteiger partial charge in [-0.1, -0.05) is 18.2 Å². The molecule has 0 unspecified atom stereocenters. The van der Waals surface area contributed by atoms with Crippen LogP contribution in [0.2, 0.25) is 0 Å². The van der Waals surface area contributed by atoms with Gasteiger partial charge in [-0.05, 0) is 43.2 Å². The number of carbonyl (C=O) groups is 1. The van der Waals surface area contributed by atoms with Crippen molar-refractivity contribution in [3.63, 3.8) is 0 Å². The lowest BCUT2D eigenvalue weighted by Gasteiger charge is -2.12. The number of sulfonamides is 1. The predicted molar refractivity (Wildman–Crippen MR) is 122 cm³/mol. The fraction of sp³-hybridized carbons (Fsp3) is 0.208. The van der Waals surface area contributed by atoms with Gasteiger partial charge in [0.2, 0.25) is 5.09 Å². The molecule has 4 rings (SSSR count). The molecule has 0 aliphatic heterocycles. The second kappa shape index (κ2) is 9.59. The van der Waals surface area contributed by atoms with Gasteiger partial charge in [0, 0.05) is 42.0 Å². The lowest BCUT2D eigenvalue weighted by atomic mass is 10.0. The highest BCUT2D eigenvalue weighted by Crippen LogP contribution is 2.30. The molecule has 0 saturated heterocycles. The summed E-state index contributed by atoms with van der Waals surface area (Å²) in [6.45, 7) is 1.45. The van der Waals surface area contributed by atoms with Crippen LogP contribution in [0.4, 0.5) is 13.2 Å². The monoisotopic (exact) mass is 503 g/mol. The number of alkyl halides is 3. The number of pyridine rings is 2. The molecule has 182 valence electrons. The molecule has 1 atom stereocenters. The molecule has 3 heterocycles.